The Morgan fingerprint density at radius 2 is 0.787 bits per heavy atom. The number of para-hydroxylation sites is 4. The third kappa shape index (κ3) is 4.31. The molecule has 0 spiro atoms. The molecule has 4 nitrogen and oxygen atoms in total. The van der Waals surface area contributed by atoms with Gasteiger partial charge in [0.2, 0.25) is 0 Å². The predicted octanol–water partition coefficient (Wildman–Crippen LogP) is 9.85. The van der Waals surface area contributed by atoms with Crippen LogP contribution < -0.4 is 5.46 Å². The maximum Gasteiger partial charge on any atom is 0.494 e. The van der Waals surface area contributed by atoms with Gasteiger partial charge in [-0.25, -0.2) is 0 Å². The maximum atomic E-state index is 6.37. The third-order valence-corrected chi connectivity index (χ3v) is 10.3. The quantitative estimate of drug-likeness (QED) is 0.186. The number of rotatable bonds is 4. The van der Waals surface area contributed by atoms with Gasteiger partial charge < -0.3 is 18.4 Å². The van der Waals surface area contributed by atoms with Crippen LogP contribution in [0.15, 0.2) is 140 Å². The Morgan fingerprint density at radius 1 is 0.426 bits per heavy atom. The highest BCUT2D eigenvalue weighted by atomic mass is 16.7. The number of nitrogens with zero attached hydrogens (tertiary/aromatic N) is 2. The summed E-state index contributed by atoms with van der Waals surface area (Å²) < 4.78 is 17.5. The van der Waals surface area contributed by atoms with Crippen LogP contribution >= 0.6 is 0 Å². The Morgan fingerprint density at radius 3 is 1.17 bits per heavy atom. The van der Waals surface area contributed by atoms with Gasteiger partial charge in [0.15, 0.2) is 0 Å². The summed E-state index contributed by atoms with van der Waals surface area (Å²) in [6.07, 6.45) is 0. The molecule has 5 heteroatoms. The highest BCUT2D eigenvalue weighted by Gasteiger charge is 2.51. The zero-order chi connectivity index (χ0) is 31.9. The summed E-state index contributed by atoms with van der Waals surface area (Å²) in [5, 5.41) is 5.00. The Labute approximate surface area is 274 Å². The Bertz CT molecular complexity index is 2230. The van der Waals surface area contributed by atoms with Gasteiger partial charge in [-0.15, -0.1) is 0 Å². The average molecular weight is 611 g/mol. The summed E-state index contributed by atoms with van der Waals surface area (Å²) in [4.78, 5) is 0. The number of fused-ring (bicyclic) bond motifs is 6. The van der Waals surface area contributed by atoms with Crippen molar-refractivity contribution in [2.24, 2.45) is 0 Å². The van der Waals surface area contributed by atoms with Crippen molar-refractivity contribution in [2.75, 3.05) is 0 Å². The lowest BCUT2D eigenvalue weighted by Gasteiger charge is -2.32. The summed E-state index contributed by atoms with van der Waals surface area (Å²) in [7, 11) is -0.397. The van der Waals surface area contributed by atoms with Crippen molar-refractivity contribution in [3.05, 3.63) is 140 Å². The summed E-state index contributed by atoms with van der Waals surface area (Å²) in [6, 6.07) is 50.5. The van der Waals surface area contributed by atoms with E-state index in [2.05, 4.69) is 176 Å². The van der Waals surface area contributed by atoms with Gasteiger partial charge in [-0.3, -0.25) is 0 Å². The first kappa shape index (κ1) is 28.2. The molecule has 228 valence electrons. The first-order valence-corrected chi connectivity index (χ1v) is 16.4. The van der Waals surface area contributed by atoms with Crippen LogP contribution in [0.1, 0.15) is 27.7 Å². The average Bonchev–Trinajstić information content (AvgIpc) is 3.68. The van der Waals surface area contributed by atoms with Gasteiger partial charge in [0.05, 0.1) is 33.3 Å². The van der Waals surface area contributed by atoms with Crippen molar-refractivity contribution in [2.45, 2.75) is 38.9 Å². The summed E-state index contributed by atoms with van der Waals surface area (Å²) in [5.41, 5.74) is 9.52. The third-order valence-electron chi connectivity index (χ3n) is 10.3. The lowest BCUT2D eigenvalue weighted by molar-refractivity contribution is 0.00578. The van der Waals surface area contributed by atoms with Gasteiger partial charge in [0.1, 0.15) is 0 Å². The fourth-order valence-corrected chi connectivity index (χ4v) is 7.23. The van der Waals surface area contributed by atoms with Crippen LogP contribution in [0.25, 0.3) is 66.1 Å². The van der Waals surface area contributed by atoms with Gasteiger partial charge in [0.25, 0.3) is 0 Å². The topological polar surface area (TPSA) is 28.3 Å². The molecule has 6 aromatic carbocycles. The Kier molecular flexibility index (Phi) is 6.11. The minimum absolute atomic E-state index is 0.385. The molecular weight excluding hydrogens is 575 g/mol. The molecule has 0 aliphatic carbocycles. The fraction of sp³-hybridized carbons (Fsp3) is 0.143. The smallest absolute Gasteiger partial charge is 0.399 e. The van der Waals surface area contributed by atoms with Gasteiger partial charge in [-0.2, -0.15) is 0 Å². The van der Waals surface area contributed by atoms with Gasteiger partial charge in [-0.05, 0) is 86.7 Å². The molecule has 2 aromatic heterocycles. The van der Waals surface area contributed by atoms with E-state index >= 15 is 0 Å². The van der Waals surface area contributed by atoms with E-state index in [1.807, 2.05) is 0 Å². The van der Waals surface area contributed by atoms with E-state index in [1.165, 1.54) is 43.6 Å². The lowest BCUT2D eigenvalue weighted by Crippen LogP contribution is -2.41. The summed E-state index contributed by atoms with van der Waals surface area (Å²) >= 11 is 0. The molecule has 1 fully saturated rings. The second-order valence-corrected chi connectivity index (χ2v) is 13.7. The standard InChI is InChI=1S/C42H35BN2O2/c1-41(2)42(3,4)47-43(46-41)30-23-21-28(22-24-30)29-25-31(44-37-17-9-5-13-33(37)34-14-6-10-18-38(34)44)27-32(26-29)45-39-19-11-7-15-35(39)36-16-8-12-20-40(36)45/h5-27H,1-4H3. The van der Waals surface area contributed by atoms with Crippen molar-refractivity contribution >= 4 is 56.2 Å². The lowest BCUT2D eigenvalue weighted by atomic mass is 9.78. The van der Waals surface area contributed by atoms with Crippen molar-refractivity contribution in [3.63, 3.8) is 0 Å². The second-order valence-electron chi connectivity index (χ2n) is 13.7. The molecule has 0 unspecified atom stereocenters. The van der Waals surface area contributed by atoms with Crippen LogP contribution in [0.5, 0.6) is 0 Å². The first-order chi connectivity index (χ1) is 22.8. The molecule has 47 heavy (non-hydrogen) atoms. The molecule has 0 radical (unpaired) electrons. The molecular formula is C42H35BN2O2. The van der Waals surface area contributed by atoms with Gasteiger partial charge >= 0.3 is 7.12 Å². The van der Waals surface area contributed by atoms with Crippen LogP contribution in [0.4, 0.5) is 0 Å². The molecule has 1 saturated heterocycles. The number of aromatic nitrogens is 2. The number of benzene rings is 6. The first-order valence-electron chi connectivity index (χ1n) is 16.4. The van der Waals surface area contributed by atoms with Crippen LogP contribution in [0.3, 0.4) is 0 Å². The highest BCUT2D eigenvalue weighted by Crippen LogP contribution is 2.39. The zero-order valence-corrected chi connectivity index (χ0v) is 27.1. The molecule has 0 atom stereocenters. The zero-order valence-electron chi connectivity index (χ0n) is 27.1. The Hall–Kier alpha value is -5.10. The van der Waals surface area contributed by atoms with E-state index in [0.29, 0.717) is 0 Å². The number of hydrogen-bond acceptors (Lipinski definition) is 2. The van der Waals surface area contributed by atoms with E-state index in [0.717, 1.165) is 28.0 Å². The van der Waals surface area contributed by atoms with Crippen molar-refractivity contribution in [1.29, 1.82) is 0 Å². The SMILES string of the molecule is CC1(C)OB(c2ccc(-c3cc(-n4c5ccccc5c5ccccc54)cc(-n4c5ccccc5c5ccccc54)c3)cc2)OC1(C)C. The molecule has 0 amide bonds. The van der Waals surface area contributed by atoms with Crippen LogP contribution in [0.2, 0.25) is 0 Å². The summed E-state index contributed by atoms with van der Waals surface area (Å²) in [6.45, 7) is 8.38. The van der Waals surface area contributed by atoms with Crippen LogP contribution in [-0.2, 0) is 9.31 Å². The van der Waals surface area contributed by atoms with Crippen LogP contribution in [-0.4, -0.2) is 27.5 Å². The van der Waals surface area contributed by atoms with E-state index in [1.54, 1.807) is 0 Å². The summed E-state index contributed by atoms with van der Waals surface area (Å²) in [5.74, 6) is 0. The largest absolute Gasteiger partial charge is 0.494 e. The Balaban J connectivity index is 1.28. The second kappa shape index (κ2) is 10.2. The predicted molar refractivity (Wildman–Crippen MR) is 196 cm³/mol. The van der Waals surface area contributed by atoms with Crippen molar-refractivity contribution in [3.8, 4) is 22.5 Å². The minimum atomic E-state index is -0.397. The molecule has 3 heterocycles. The molecule has 8 aromatic rings. The highest BCUT2D eigenvalue weighted by molar-refractivity contribution is 6.62. The van der Waals surface area contributed by atoms with Gasteiger partial charge in [-0.1, -0.05) is 97.1 Å². The minimum Gasteiger partial charge on any atom is -0.399 e. The molecule has 9 rings (SSSR count). The monoisotopic (exact) mass is 610 g/mol. The van der Waals surface area contributed by atoms with E-state index in [9.17, 15) is 0 Å². The fourth-order valence-electron chi connectivity index (χ4n) is 7.23. The van der Waals surface area contributed by atoms with Crippen molar-refractivity contribution in [1.82, 2.24) is 9.13 Å². The van der Waals surface area contributed by atoms with E-state index < -0.39 is 7.12 Å². The molecule has 1 aliphatic heterocycles. The molecule has 0 bridgehead atoms. The normalized spacial score (nSPS) is 15.8. The van der Waals surface area contributed by atoms with Crippen LogP contribution in [0, 0.1) is 0 Å². The maximum absolute atomic E-state index is 6.37. The van der Waals surface area contributed by atoms with Crippen molar-refractivity contribution < 1.29 is 9.31 Å². The van der Waals surface area contributed by atoms with E-state index in [4.69, 9.17) is 9.31 Å². The number of hydrogen-bond donors (Lipinski definition) is 0. The van der Waals surface area contributed by atoms with Gasteiger partial charge in [0, 0.05) is 32.9 Å². The van der Waals surface area contributed by atoms with E-state index in [-0.39, 0.29) is 11.2 Å². The molecule has 0 N–H and O–H groups in total. The molecule has 1 aliphatic rings. The molecule has 0 saturated carbocycles.